The third kappa shape index (κ3) is 3.33. The van der Waals surface area contributed by atoms with Gasteiger partial charge in [0.2, 0.25) is 0 Å². The van der Waals surface area contributed by atoms with Crippen molar-refractivity contribution in [3.63, 3.8) is 0 Å². The Morgan fingerprint density at radius 1 is 1.06 bits per heavy atom. The predicted octanol–water partition coefficient (Wildman–Crippen LogP) is 3.42. The van der Waals surface area contributed by atoms with Crippen molar-refractivity contribution in [2.24, 2.45) is 0 Å². The molecule has 0 unspecified atom stereocenters. The van der Waals surface area contributed by atoms with E-state index >= 15 is 0 Å². The molecule has 0 aromatic heterocycles. The van der Waals surface area contributed by atoms with E-state index in [1.165, 1.54) is 37.7 Å². The van der Waals surface area contributed by atoms with Crippen LogP contribution in [0.4, 0.5) is 0 Å². The molecule has 100 valence electrons. The Morgan fingerprint density at radius 2 is 1.72 bits per heavy atom. The van der Waals surface area contributed by atoms with Crippen molar-refractivity contribution in [3.8, 4) is 0 Å². The lowest BCUT2D eigenvalue weighted by Crippen LogP contribution is -2.34. The van der Waals surface area contributed by atoms with Crippen molar-refractivity contribution >= 4 is 0 Å². The van der Waals surface area contributed by atoms with Crippen LogP contribution in [0.2, 0.25) is 0 Å². The Kier molecular flexibility index (Phi) is 4.79. The topological polar surface area (TPSA) is 12.5 Å². The third-order valence-electron chi connectivity index (χ3n) is 3.88. The average molecular weight is 247 g/mol. The van der Waals surface area contributed by atoms with Gasteiger partial charge in [0.05, 0.1) is 12.2 Å². The monoisotopic (exact) mass is 247 g/mol. The van der Waals surface area contributed by atoms with Gasteiger partial charge in [0.25, 0.3) is 0 Å². The zero-order valence-electron chi connectivity index (χ0n) is 11.7. The van der Waals surface area contributed by atoms with Crippen LogP contribution in [0.5, 0.6) is 0 Å². The lowest BCUT2D eigenvalue weighted by molar-refractivity contribution is -0.0792. The molecule has 1 fully saturated rings. The van der Waals surface area contributed by atoms with Crippen LogP contribution in [0.15, 0.2) is 30.3 Å². The molecule has 1 aromatic rings. The molecule has 18 heavy (non-hydrogen) atoms. The molecule has 0 spiro atoms. The first-order chi connectivity index (χ1) is 8.73. The minimum absolute atomic E-state index is 0.0183. The number of rotatable bonds is 5. The highest BCUT2D eigenvalue weighted by Crippen LogP contribution is 2.40. The Bertz CT molecular complexity index is 341. The van der Waals surface area contributed by atoms with Crippen molar-refractivity contribution in [3.05, 3.63) is 35.9 Å². The van der Waals surface area contributed by atoms with Crippen molar-refractivity contribution < 1.29 is 4.74 Å². The second-order valence-corrected chi connectivity index (χ2v) is 5.57. The average Bonchev–Trinajstić information content (AvgIpc) is 2.40. The zero-order valence-corrected chi connectivity index (χ0v) is 11.7. The Balaban J connectivity index is 2.08. The van der Waals surface area contributed by atoms with Crippen molar-refractivity contribution in [1.29, 1.82) is 0 Å². The number of nitrogens with zero attached hydrogens (tertiary/aromatic N) is 1. The van der Waals surface area contributed by atoms with Crippen LogP contribution in [-0.2, 0) is 10.3 Å². The minimum Gasteiger partial charge on any atom is -0.369 e. The van der Waals surface area contributed by atoms with Crippen molar-refractivity contribution in [2.45, 2.75) is 37.7 Å². The molecule has 1 aliphatic carbocycles. The van der Waals surface area contributed by atoms with Gasteiger partial charge in [-0.15, -0.1) is 0 Å². The highest BCUT2D eigenvalue weighted by molar-refractivity contribution is 5.23. The number of hydrogen-bond donors (Lipinski definition) is 0. The molecule has 0 bridgehead atoms. The van der Waals surface area contributed by atoms with Gasteiger partial charge in [0, 0.05) is 6.54 Å². The molecule has 0 heterocycles. The van der Waals surface area contributed by atoms with Gasteiger partial charge in [-0.05, 0) is 32.5 Å². The van der Waals surface area contributed by atoms with Crippen LogP contribution >= 0.6 is 0 Å². The number of hydrogen-bond acceptors (Lipinski definition) is 2. The molecule has 2 rings (SSSR count). The van der Waals surface area contributed by atoms with E-state index < -0.39 is 0 Å². The number of likely N-dealkylation sites (N-methyl/N-ethyl adjacent to an activating group) is 1. The van der Waals surface area contributed by atoms with E-state index in [2.05, 4.69) is 49.3 Å². The van der Waals surface area contributed by atoms with Crippen LogP contribution in [0.3, 0.4) is 0 Å². The Morgan fingerprint density at radius 3 is 2.33 bits per heavy atom. The van der Waals surface area contributed by atoms with E-state index in [0.717, 1.165) is 13.2 Å². The van der Waals surface area contributed by atoms with Gasteiger partial charge in [-0.2, -0.15) is 0 Å². The van der Waals surface area contributed by atoms with E-state index in [1.54, 1.807) is 0 Å². The first-order valence-corrected chi connectivity index (χ1v) is 7.07. The fourth-order valence-corrected chi connectivity index (χ4v) is 2.80. The molecule has 2 nitrogen and oxygen atoms in total. The highest BCUT2D eigenvalue weighted by atomic mass is 16.5. The summed E-state index contributed by atoms with van der Waals surface area (Å²) < 4.78 is 6.33. The second kappa shape index (κ2) is 6.35. The summed E-state index contributed by atoms with van der Waals surface area (Å²) in [5, 5.41) is 0. The maximum atomic E-state index is 6.33. The molecule has 2 heteroatoms. The van der Waals surface area contributed by atoms with Gasteiger partial charge >= 0.3 is 0 Å². The minimum atomic E-state index is -0.0183. The lowest BCUT2D eigenvalue weighted by atomic mass is 9.79. The zero-order chi connectivity index (χ0) is 12.8. The first-order valence-electron chi connectivity index (χ1n) is 7.07. The maximum Gasteiger partial charge on any atom is 0.0931 e. The summed E-state index contributed by atoms with van der Waals surface area (Å²) in [6.07, 6.45) is 6.27. The highest BCUT2D eigenvalue weighted by Gasteiger charge is 2.34. The van der Waals surface area contributed by atoms with Crippen molar-refractivity contribution in [1.82, 2.24) is 4.90 Å². The van der Waals surface area contributed by atoms with Crippen LogP contribution in [0, 0.1) is 0 Å². The smallest absolute Gasteiger partial charge is 0.0931 e. The van der Waals surface area contributed by atoms with Crippen LogP contribution < -0.4 is 0 Å². The number of benzene rings is 1. The first kappa shape index (κ1) is 13.6. The van der Waals surface area contributed by atoms with E-state index in [-0.39, 0.29) is 5.60 Å². The normalized spacial score (nSPS) is 19.1. The van der Waals surface area contributed by atoms with Gasteiger partial charge in [-0.25, -0.2) is 0 Å². The predicted molar refractivity (Wildman–Crippen MR) is 75.7 cm³/mol. The standard InChI is InChI=1S/C16H25NO/c1-17(2)13-14-18-16(11-7-4-8-12-16)15-9-5-3-6-10-15/h3,5-6,9-10H,4,7-8,11-14H2,1-2H3. The fraction of sp³-hybridized carbons (Fsp3) is 0.625. The molecular formula is C16H25NO. The molecular weight excluding hydrogens is 222 g/mol. The van der Waals surface area contributed by atoms with Gasteiger partial charge < -0.3 is 9.64 Å². The summed E-state index contributed by atoms with van der Waals surface area (Å²) in [5.41, 5.74) is 1.35. The van der Waals surface area contributed by atoms with Gasteiger partial charge in [-0.1, -0.05) is 49.6 Å². The molecule has 0 N–H and O–H groups in total. The van der Waals surface area contributed by atoms with E-state index in [4.69, 9.17) is 4.74 Å². The van der Waals surface area contributed by atoms with E-state index in [1.807, 2.05) is 0 Å². The van der Waals surface area contributed by atoms with E-state index in [0.29, 0.717) is 0 Å². The molecule has 0 radical (unpaired) electrons. The third-order valence-corrected chi connectivity index (χ3v) is 3.88. The Labute approximate surface area is 111 Å². The molecule has 0 aliphatic heterocycles. The fourth-order valence-electron chi connectivity index (χ4n) is 2.80. The van der Waals surface area contributed by atoms with Crippen LogP contribution in [-0.4, -0.2) is 32.1 Å². The SMILES string of the molecule is CN(C)CCOC1(c2ccccc2)CCCCC1. The van der Waals surface area contributed by atoms with Gasteiger partial charge in [0.1, 0.15) is 0 Å². The van der Waals surface area contributed by atoms with Gasteiger partial charge in [0.15, 0.2) is 0 Å². The summed E-state index contributed by atoms with van der Waals surface area (Å²) in [6, 6.07) is 10.8. The maximum absolute atomic E-state index is 6.33. The van der Waals surface area contributed by atoms with E-state index in [9.17, 15) is 0 Å². The molecule has 0 atom stereocenters. The van der Waals surface area contributed by atoms with Gasteiger partial charge in [-0.3, -0.25) is 0 Å². The quantitative estimate of drug-likeness (QED) is 0.790. The number of ether oxygens (including phenoxy) is 1. The summed E-state index contributed by atoms with van der Waals surface area (Å²) in [5.74, 6) is 0. The molecule has 0 saturated heterocycles. The second-order valence-electron chi connectivity index (χ2n) is 5.57. The molecule has 1 saturated carbocycles. The van der Waals surface area contributed by atoms with Crippen molar-refractivity contribution in [2.75, 3.05) is 27.2 Å². The molecule has 0 amide bonds. The largest absolute Gasteiger partial charge is 0.369 e. The van der Waals surface area contributed by atoms with Crippen LogP contribution in [0.25, 0.3) is 0 Å². The summed E-state index contributed by atoms with van der Waals surface area (Å²) in [7, 11) is 4.19. The molecule has 1 aromatic carbocycles. The molecule has 1 aliphatic rings. The Hall–Kier alpha value is -0.860. The summed E-state index contributed by atoms with van der Waals surface area (Å²) in [6.45, 7) is 1.82. The lowest BCUT2D eigenvalue weighted by Gasteiger charge is -2.38. The summed E-state index contributed by atoms with van der Waals surface area (Å²) in [4.78, 5) is 2.18. The van der Waals surface area contributed by atoms with Crippen LogP contribution in [0.1, 0.15) is 37.7 Å². The summed E-state index contributed by atoms with van der Waals surface area (Å²) >= 11 is 0.